The Labute approximate surface area is 186 Å². The minimum Gasteiger partial charge on any atom is -0.748 e. The number of hydrogen-bond acceptors (Lipinski definition) is 4. The van der Waals surface area contributed by atoms with E-state index in [1.165, 1.54) is 0 Å². The van der Waals surface area contributed by atoms with Gasteiger partial charge in [-0.1, -0.05) is 71.6 Å². The molecule has 0 saturated carbocycles. The summed E-state index contributed by atoms with van der Waals surface area (Å²) in [5.41, 5.74) is 0. The van der Waals surface area contributed by atoms with E-state index in [0.717, 1.165) is 70.6 Å². The van der Waals surface area contributed by atoms with E-state index in [2.05, 4.69) is 13.8 Å². The Morgan fingerprint density at radius 1 is 0.783 bits per heavy atom. The summed E-state index contributed by atoms with van der Waals surface area (Å²) in [6.07, 6.45) is 11.1. The van der Waals surface area contributed by atoms with Crippen LogP contribution in [0.4, 0.5) is 0 Å². The van der Waals surface area contributed by atoms with E-state index in [-0.39, 0.29) is 57.5 Å². The summed E-state index contributed by atoms with van der Waals surface area (Å²) in [6.45, 7) is 4.22. The van der Waals surface area contributed by atoms with Gasteiger partial charge in [0.15, 0.2) is 0 Å². The molecule has 4 nitrogen and oxygen atoms in total. The van der Waals surface area contributed by atoms with E-state index in [4.69, 9.17) is 0 Å². The van der Waals surface area contributed by atoms with E-state index in [9.17, 15) is 18.1 Å². The molecule has 0 rings (SSSR count). The fourth-order valence-corrected chi connectivity index (χ4v) is 3.66. The summed E-state index contributed by atoms with van der Waals surface area (Å²) < 4.78 is 33.9. The Morgan fingerprint density at radius 2 is 1.22 bits per heavy atom. The molecule has 0 spiro atoms. The Balaban J connectivity index is 0. The number of aliphatic hydroxyl groups is 1. The molecular formula is C17H35KO4S. The molecule has 0 aliphatic carbocycles. The van der Waals surface area contributed by atoms with E-state index >= 15 is 0 Å². The van der Waals surface area contributed by atoms with Crippen molar-refractivity contribution in [3.63, 3.8) is 0 Å². The number of unbranched alkanes of at least 4 members (excludes halogenated alkanes) is 6. The minimum absolute atomic E-state index is 0. The molecule has 0 aromatic carbocycles. The first kappa shape index (κ1) is 26.7. The molecule has 1 N–H and O–H groups in total. The first-order chi connectivity index (χ1) is 10.4. The molecule has 2 unspecified atom stereocenters. The van der Waals surface area contributed by atoms with Crippen LogP contribution in [0.2, 0.25) is 0 Å². The van der Waals surface area contributed by atoms with Crippen molar-refractivity contribution in [2.24, 2.45) is 0 Å². The molecule has 0 aliphatic heterocycles. The predicted molar refractivity (Wildman–Crippen MR) is 90.9 cm³/mol. The molecule has 23 heavy (non-hydrogen) atoms. The maximum absolute atomic E-state index is 11.3. The van der Waals surface area contributed by atoms with Gasteiger partial charge >= 0.3 is 51.4 Å². The zero-order valence-corrected chi connectivity index (χ0v) is 19.4. The van der Waals surface area contributed by atoms with Crippen LogP contribution in [0.5, 0.6) is 0 Å². The van der Waals surface area contributed by atoms with Gasteiger partial charge in [0.2, 0.25) is 0 Å². The number of rotatable bonds is 15. The summed E-state index contributed by atoms with van der Waals surface area (Å²) in [6, 6.07) is 0. The van der Waals surface area contributed by atoms with Crippen LogP contribution >= 0.6 is 0 Å². The van der Waals surface area contributed by atoms with Gasteiger partial charge in [-0.05, 0) is 25.7 Å². The van der Waals surface area contributed by atoms with Crippen LogP contribution in [0.15, 0.2) is 0 Å². The fraction of sp³-hybridized carbons (Fsp3) is 1.00. The van der Waals surface area contributed by atoms with Crippen molar-refractivity contribution in [1.29, 1.82) is 0 Å². The predicted octanol–water partition coefficient (Wildman–Crippen LogP) is 1.38. The third-order valence-corrected chi connectivity index (χ3v) is 5.53. The van der Waals surface area contributed by atoms with Crippen molar-refractivity contribution in [1.82, 2.24) is 0 Å². The Hall–Kier alpha value is 1.51. The summed E-state index contributed by atoms with van der Waals surface area (Å²) in [5.74, 6) is 0. The van der Waals surface area contributed by atoms with Crippen LogP contribution in [0.25, 0.3) is 0 Å². The van der Waals surface area contributed by atoms with Gasteiger partial charge in [0.1, 0.15) is 0 Å². The first-order valence-corrected chi connectivity index (χ1v) is 10.5. The molecule has 0 heterocycles. The van der Waals surface area contributed by atoms with E-state index < -0.39 is 15.4 Å². The quantitative estimate of drug-likeness (QED) is 0.267. The zero-order valence-electron chi connectivity index (χ0n) is 15.4. The Bertz CT molecular complexity index is 347. The molecule has 6 heteroatoms. The van der Waals surface area contributed by atoms with Crippen molar-refractivity contribution in [2.75, 3.05) is 0 Å². The van der Waals surface area contributed by atoms with Crippen LogP contribution in [0.3, 0.4) is 0 Å². The van der Waals surface area contributed by atoms with Gasteiger partial charge in [-0.15, -0.1) is 0 Å². The molecular weight excluding hydrogens is 339 g/mol. The molecule has 0 fully saturated rings. The summed E-state index contributed by atoms with van der Waals surface area (Å²) in [7, 11) is -4.17. The van der Waals surface area contributed by atoms with Crippen LogP contribution in [0.1, 0.15) is 97.3 Å². The molecule has 0 amide bonds. The molecule has 0 aliphatic rings. The maximum Gasteiger partial charge on any atom is 1.00 e. The molecule has 0 aromatic heterocycles. The minimum atomic E-state index is -4.17. The van der Waals surface area contributed by atoms with Crippen LogP contribution < -0.4 is 51.4 Å². The van der Waals surface area contributed by atoms with Gasteiger partial charge < -0.3 is 9.66 Å². The second kappa shape index (κ2) is 16.9. The van der Waals surface area contributed by atoms with Gasteiger partial charge in [0.25, 0.3) is 0 Å². The van der Waals surface area contributed by atoms with E-state index in [0.29, 0.717) is 12.8 Å². The van der Waals surface area contributed by atoms with Gasteiger partial charge in [0.05, 0.1) is 16.2 Å². The second-order valence-electron chi connectivity index (χ2n) is 6.40. The molecule has 0 bridgehead atoms. The van der Waals surface area contributed by atoms with Crippen LogP contribution in [-0.2, 0) is 10.1 Å². The topological polar surface area (TPSA) is 77.4 Å². The van der Waals surface area contributed by atoms with Gasteiger partial charge in [0, 0.05) is 5.25 Å². The first-order valence-electron chi connectivity index (χ1n) is 9.04. The average molecular weight is 375 g/mol. The third-order valence-electron chi connectivity index (χ3n) is 4.24. The molecule has 134 valence electrons. The molecule has 0 radical (unpaired) electrons. The summed E-state index contributed by atoms with van der Waals surface area (Å²) in [5, 5.41) is 9.03. The van der Waals surface area contributed by atoms with Crippen molar-refractivity contribution in [3.8, 4) is 0 Å². The van der Waals surface area contributed by atoms with Crippen molar-refractivity contribution in [2.45, 2.75) is 109 Å². The zero-order chi connectivity index (χ0) is 16.8. The molecule has 2 atom stereocenters. The van der Waals surface area contributed by atoms with Crippen molar-refractivity contribution in [3.05, 3.63) is 0 Å². The normalized spacial score (nSPS) is 14.3. The molecule has 0 saturated heterocycles. The van der Waals surface area contributed by atoms with Crippen LogP contribution in [0, 0.1) is 0 Å². The Kier molecular flexibility index (Phi) is 19.7. The second-order valence-corrected chi connectivity index (χ2v) is 8.05. The van der Waals surface area contributed by atoms with Gasteiger partial charge in [-0.2, -0.15) is 0 Å². The summed E-state index contributed by atoms with van der Waals surface area (Å²) in [4.78, 5) is 0. The number of aliphatic hydroxyl groups excluding tert-OH is 1. The summed E-state index contributed by atoms with van der Waals surface area (Å²) >= 11 is 0. The Morgan fingerprint density at radius 3 is 1.70 bits per heavy atom. The van der Waals surface area contributed by atoms with Crippen LogP contribution in [-0.4, -0.2) is 29.4 Å². The third kappa shape index (κ3) is 16.7. The van der Waals surface area contributed by atoms with E-state index in [1.807, 2.05) is 0 Å². The van der Waals surface area contributed by atoms with Gasteiger partial charge in [-0.3, -0.25) is 0 Å². The van der Waals surface area contributed by atoms with Gasteiger partial charge in [-0.25, -0.2) is 8.42 Å². The average Bonchev–Trinajstić information content (AvgIpc) is 2.45. The SMILES string of the molecule is CCCCCCC(CCCCCC(O)CCCC)S(=O)(=O)[O-].[K+]. The van der Waals surface area contributed by atoms with E-state index in [1.54, 1.807) is 0 Å². The standard InChI is InChI=1S/C17H36O4S.K/c1-3-5-7-10-14-17(22(19,20)21)15-11-8-9-13-16(18)12-6-4-2;/h16-18H,3-15H2,1-2H3,(H,19,20,21);/q;+1/p-1. The fourth-order valence-electron chi connectivity index (χ4n) is 2.74. The maximum atomic E-state index is 11.3. The number of hydrogen-bond donors (Lipinski definition) is 1. The largest absolute Gasteiger partial charge is 1.00 e. The molecule has 0 aromatic rings. The monoisotopic (exact) mass is 374 g/mol. The van der Waals surface area contributed by atoms with Crippen molar-refractivity contribution < 1.29 is 69.5 Å². The smallest absolute Gasteiger partial charge is 0.748 e. The van der Waals surface area contributed by atoms with Crippen molar-refractivity contribution >= 4 is 10.1 Å².